The van der Waals surface area contributed by atoms with Crippen LogP contribution in [0.3, 0.4) is 0 Å². The molecule has 1 aliphatic carbocycles. The highest BCUT2D eigenvalue weighted by molar-refractivity contribution is 5.73. The maximum atomic E-state index is 11.3. The summed E-state index contributed by atoms with van der Waals surface area (Å²) < 4.78 is 5.64. The fraction of sp³-hybridized carbons (Fsp3) is 0.808. The van der Waals surface area contributed by atoms with Crippen molar-refractivity contribution in [1.29, 1.82) is 0 Å². The highest BCUT2D eigenvalue weighted by Gasteiger charge is 2.28. The molecule has 7 nitrogen and oxygen atoms in total. The topological polar surface area (TPSA) is 70.6 Å². The largest absolute Gasteiger partial charge is 0.381 e. The van der Waals surface area contributed by atoms with Crippen LogP contribution in [0.5, 0.6) is 0 Å². The van der Waals surface area contributed by atoms with E-state index in [0.29, 0.717) is 12.0 Å². The molecule has 0 bridgehead atoms. The second kappa shape index (κ2) is 10.7. The van der Waals surface area contributed by atoms with Crippen molar-refractivity contribution in [3.8, 4) is 0 Å². The van der Waals surface area contributed by atoms with Gasteiger partial charge in [-0.25, -0.2) is 9.97 Å². The molecule has 4 rings (SSSR count). The van der Waals surface area contributed by atoms with Crippen LogP contribution in [0.4, 0.5) is 5.82 Å². The maximum Gasteiger partial charge on any atom is 0.217 e. The monoisotopic (exact) mass is 457 g/mol. The molecule has 0 spiro atoms. The van der Waals surface area contributed by atoms with E-state index < -0.39 is 0 Å². The molecule has 1 N–H and O–H groups in total. The predicted octanol–water partition coefficient (Wildman–Crippen LogP) is 3.49. The first-order valence-electron chi connectivity index (χ1n) is 13.0. The molecule has 1 amide bonds. The minimum Gasteiger partial charge on any atom is -0.381 e. The van der Waals surface area contributed by atoms with E-state index in [1.165, 1.54) is 25.8 Å². The van der Waals surface area contributed by atoms with E-state index in [4.69, 9.17) is 14.7 Å². The zero-order valence-electron chi connectivity index (χ0n) is 21.1. The minimum atomic E-state index is -0.0645. The first-order valence-corrected chi connectivity index (χ1v) is 13.0. The van der Waals surface area contributed by atoms with Gasteiger partial charge in [0.2, 0.25) is 5.91 Å². The molecule has 7 heteroatoms. The van der Waals surface area contributed by atoms with Crippen LogP contribution in [-0.2, 0) is 14.9 Å². The molecule has 0 radical (unpaired) electrons. The van der Waals surface area contributed by atoms with Gasteiger partial charge in [-0.2, -0.15) is 0 Å². The van der Waals surface area contributed by atoms with Gasteiger partial charge in [0.05, 0.1) is 12.3 Å². The molecular weight excluding hydrogens is 414 g/mol. The number of piperazine rings is 1. The number of nitrogens with one attached hydrogen (secondary N) is 1. The number of nitrogens with zero attached hydrogens (tertiary/aromatic N) is 4. The second-order valence-corrected chi connectivity index (χ2v) is 11.3. The van der Waals surface area contributed by atoms with Crippen LogP contribution < -0.4 is 10.2 Å². The third kappa shape index (κ3) is 6.66. The molecule has 3 aliphatic rings. The highest BCUT2D eigenvalue weighted by Crippen LogP contribution is 2.30. The van der Waals surface area contributed by atoms with Gasteiger partial charge in [0.25, 0.3) is 0 Å². The van der Waals surface area contributed by atoms with Gasteiger partial charge in [-0.1, -0.05) is 20.8 Å². The van der Waals surface area contributed by atoms with Crippen LogP contribution in [0.2, 0.25) is 0 Å². The summed E-state index contributed by atoms with van der Waals surface area (Å²) in [5, 5.41) is 3.09. The minimum absolute atomic E-state index is 0.0645. The van der Waals surface area contributed by atoms with E-state index in [1.807, 2.05) is 0 Å². The van der Waals surface area contributed by atoms with Gasteiger partial charge in [0.15, 0.2) is 0 Å². The quantitative estimate of drug-likeness (QED) is 0.705. The van der Waals surface area contributed by atoms with Gasteiger partial charge in [0.1, 0.15) is 11.6 Å². The molecule has 2 saturated heterocycles. The molecule has 2 aliphatic heterocycles. The molecule has 1 aromatic rings. The molecule has 0 aromatic carbocycles. The molecule has 1 saturated carbocycles. The van der Waals surface area contributed by atoms with Crippen molar-refractivity contribution in [2.45, 2.75) is 83.6 Å². The Bertz CT molecular complexity index is 786. The number of hydrogen-bond donors (Lipinski definition) is 1. The standard InChI is InChI=1S/C26H43N5O2/c1-19(32)27-22-7-5-20(6-8-22)9-11-30-12-14-31(15-13-30)24-17-23(21-10-16-33-18-21)28-25(29-24)26(2,3)4/h17,20-22H,5-16,18H2,1-4H3,(H,27,32). The number of ether oxygens (including phenoxy) is 1. The third-order valence-corrected chi connectivity index (χ3v) is 7.56. The van der Waals surface area contributed by atoms with E-state index in [1.54, 1.807) is 6.92 Å². The Labute approximate surface area is 199 Å². The zero-order valence-corrected chi connectivity index (χ0v) is 21.1. The Balaban J connectivity index is 1.29. The Morgan fingerprint density at radius 1 is 1.09 bits per heavy atom. The van der Waals surface area contributed by atoms with Crippen LogP contribution in [0.1, 0.15) is 83.7 Å². The molecule has 3 heterocycles. The van der Waals surface area contributed by atoms with Crippen LogP contribution in [0, 0.1) is 5.92 Å². The van der Waals surface area contributed by atoms with E-state index >= 15 is 0 Å². The fourth-order valence-corrected chi connectivity index (χ4v) is 5.38. The van der Waals surface area contributed by atoms with Crippen molar-refractivity contribution < 1.29 is 9.53 Å². The van der Waals surface area contributed by atoms with Gasteiger partial charge >= 0.3 is 0 Å². The fourth-order valence-electron chi connectivity index (χ4n) is 5.38. The first-order chi connectivity index (χ1) is 15.8. The number of carbonyl (C=O) groups excluding carboxylic acids is 1. The zero-order chi connectivity index (χ0) is 23.4. The van der Waals surface area contributed by atoms with Gasteiger partial charge in [-0.3, -0.25) is 9.69 Å². The molecule has 184 valence electrons. The van der Waals surface area contributed by atoms with Crippen molar-refractivity contribution in [2.75, 3.05) is 50.8 Å². The summed E-state index contributed by atoms with van der Waals surface area (Å²) in [5.74, 6) is 3.35. The van der Waals surface area contributed by atoms with Crippen molar-refractivity contribution in [1.82, 2.24) is 20.2 Å². The summed E-state index contributed by atoms with van der Waals surface area (Å²) in [7, 11) is 0. The smallest absolute Gasteiger partial charge is 0.217 e. The third-order valence-electron chi connectivity index (χ3n) is 7.56. The lowest BCUT2D eigenvalue weighted by molar-refractivity contribution is -0.119. The summed E-state index contributed by atoms with van der Waals surface area (Å²) in [6, 6.07) is 2.62. The summed E-state index contributed by atoms with van der Waals surface area (Å²) >= 11 is 0. The van der Waals surface area contributed by atoms with Gasteiger partial charge < -0.3 is 15.0 Å². The van der Waals surface area contributed by atoms with Gasteiger partial charge in [-0.05, 0) is 51.0 Å². The summed E-state index contributed by atoms with van der Waals surface area (Å²) in [4.78, 5) is 26.3. The Morgan fingerprint density at radius 3 is 2.42 bits per heavy atom. The van der Waals surface area contributed by atoms with Gasteiger partial charge in [-0.15, -0.1) is 0 Å². The summed E-state index contributed by atoms with van der Waals surface area (Å²) in [5.41, 5.74) is 1.09. The first kappa shape index (κ1) is 24.4. The summed E-state index contributed by atoms with van der Waals surface area (Å²) in [6.45, 7) is 15.3. The van der Waals surface area contributed by atoms with Crippen molar-refractivity contribution in [3.63, 3.8) is 0 Å². The maximum absolute atomic E-state index is 11.3. The molecule has 33 heavy (non-hydrogen) atoms. The van der Waals surface area contributed by atoms with E-state index in [2.05, 4.69) is 42.0 Å². The molecule has 1 atom stereocenters. The lowest BCUT2D eigenvalue weighted by atomic mass is 9.84. The molecule has 3 fully saturated rings. The Hall–Kier alpha value is -1.73. The van der Waals surface area contributed by atoms with Crippen LogP contribution in [-0.4, -0.2) is 72.8 Å². The number of amides is 1. The van der Waals surface area contributed by atoms with Crippen molar-refractivity contribution in [3.05, 3.63) is 17.6 Å². The van der Waals surface area contributed by atoms with Crippen LogP contribution in [0.25, 0.3) is 0 Å². The lowest BCUT2D eigenvalue weighted by Crippen LogP contribution is -2.47. The Kier molecular flexibility index (Phi) is 7.90. The van der Waals surface area contributed by atoms with E-state index in [-0.39, 0.29) is 11.3 Å². The SMILES string of the molecule is CC(=O)NC1CCC(CCN2CCN(c3cc(C4CCOC4)nc(C(C)(C)C)n3)CC2)CC1. The van der Waals surface area contributed by atoms with Gasteiger partial charge in [0, 0.05) is 63.2 Å². The molecular formula is C26H43N5O2. The van der Waals surface area contributed by atoms with Crippen molar-refractivity contribution in [2.24, 2.45) is 5.92 Å². The number of anilines is 1. The average molecular weight is 458 g/mol. The lowest BCUT2D eigenvalue weighted by Gasteiger charge is -2.37. The highest BCUT2D eigenvalue weighted by atomic mass is 16.5. The normalized spacial score (nSPS) is 27.0. The van der Waals surface area contributed by atoms with E-state index in [9.17, 15) is 4.79 Å². The predicted molar refractivity (Wildman–Crippen MR) is 132 cm³/mol. The molecule has 1 aromatic heterocycles. The van der Waals surface area contributed by atoms with Crippen LogP contribution >= 0.6 is 0 Å². The summed E-state index contributed by atoms with van der Waals surface area (Å²) in [6.07, 6.45) is 7.09. The molecule has 1 unspecified atom stereocenters. The number of aromatic nitrogens is 2. The number of carbonyl (C=O) groups is 1. The Morgan fingerprint density at radius 2 is 1.82 bits per heavy atom. The second-order valence-electron chi connectivity index (χ2n) is 11.3. The number of hydrogen-bond acceptors (Lipinski definition) is 6. The van der Waals surface area contributed by atoms with Crippen LogP contribution in [0.15, 0.2) is 6.07 Å². The van der Waals surface area contributed by atoms with Crippen molar-refractivity contribution >= 4 is 11.7 Å². The average Bonchev–Trinajstić information content (AvgIpc) is 3.33. The number of rotatable bonds is 6. The van der Waals surface area contributed by atoms with E-state index in [0.717, 1.165) is 81.9 Å².